The number of carbonyl (C=O) groups is 1. The molecule has 1 saturated carbocycles. The van der Waals surface area contributed by atoms with Crippen LogP contribution in [0.1, 0.15) is 41.3 Å². The van der Waals surface area contributed by atoms with Gasteiger partial charge < -0.3 is 9.52 Å². The normalized spacial score (nSPS) is 13.8. The van der Waals surface area contributed by atoms with E-state index in [-0.39, 0.29) is 12.3 Å². The van der Waals surface area contributed by atoms with E-state index in [9.17, 15) is 15.2 Å². The molecule has 0 bridgehead atoms. The van der Waals surface area contributed by atoms with Crippen LogP contribution in [-0.4, -0.2) is 16.1 Å². The summed E-state index contributed by atoms with van der Waals surface area (Å²) in [6.45, 7) is 1.84. The fourth-order valence-electron chi connectivity index (χ4n) is 3.31. The van der Waals surface area contributed by atoms with Crippen LogP contribution in [0.4, 0.5) is 0 Å². The second-order valence-corrected chi connectivity index (χ2v) is 6.41. The summed E-state index contributed by atoms with van der Waals surface area (Å²) in [5.41, 5.74) is 4.34. The quantitative estimate of drug-likeness (QED) is 0.774. The van der Waals surface area contributed by atoms with Gasteiger partial charge in [0, 0.05) is 11.5 Å². The van der Waals surface area contributed by atoms with E-state index < -0.39 is 5.97 Å². The topological polar surface area (TPSA) is 87.1 Å². The predicted octanol–water partition coefficient (Wildman–Crippen LogP) is 4.18. The Morgan fingerprint density at radius 3 is 2.68 bits per heavy atom. The van der Waals surface area contributed by atoms with Crippen molar-refractivity contribution in [3.05, 3.63) is 52.9 Å². The zero-order valence-corrected chi connectivity index (χ0v) is 13.7. The summed E-state index contributed by atoms with van der Waals surface area (Å²) in [7, 11) is 0. The Balaban J connectivity index is 2.09. The molecule has 0 unspecified atom stereocenters. The Morgan fingerprint density at radius 2 is 2.08 bits per heavy atom. The van der Waals surface area contributed by atoms with E-state index in [0.717, 1.165) is 29.5 Å². The number of carboxylic acids is 1. The van der Waals surface area contributed by atoms with Crippen LogP contribution in [0.3, 0.4) is 0 Å². The van der Waals surface area contributed by atoms with Gasteiger partial charge in [0.15, 0.2) is 11.5 Å². The third kappa shape index (κ3) is 2.56. The molecule has 5 heteroatoms. The molecule has 0 atom stereocenters. The molecule has 0 aliphatic heterocycles. The molecule has 5 nitrogen and oxygen atoms in total. The third-order valence-electron chi connectivity index (χ3n) is 4.64. The molecule has 0 spiro atoms. The van der Waals surface area contributed by atoms with Crippen molar-refractivity contribution < 1.29 is 14.3 Å². The largest absolute Gasteiger partial charge is 0.481 e. The van der Waals surface area contributed by atoms with Crippen molar-refractivity contribution in [2.75, 3.05) is 0 Å². The number of hydrogen-bond donors (Lipinski definition) is 1. The highest BCUT2D eigenvalue weighted by atomic mass is 16.4. The average molecular weight is 332 g/mol. The van der Waals surface area contributed by atoms with Crippen LogP contribution in [0, 0.1) is 18.3 Å². The first-order chi connectivity index (χ1) is 12.1. The Labute approximate surface area is 144 Å². The summed E-state index contributed by atoms with van der Waals surface area (Å²) in [5.74, 6) is -0.0354. The summed E-state index contributed by atoms with van der Waals surface area (Å²) in [6.07, 6.45) is 1.87. The van der Waals surface area contributed by atoms with Gasteiger partial charge in [0.1, 0.15) is 11.6 Å². The van der Waals surface area contributed by atoms with Gasteiger partial charge >= 0.3 is 5.97 Å². The molecule has 2 aromatic carbocycles. The van der Waals surface area contributed by atoms with E-state index in [1.807, 2.05) is 37.3 Å². The molecule has 0 radical (unpaired) electrons. The van der Waals surface area contributed by atoms with Crippen molar-refractivity contribution in [2.45, 2.75) is 32.1 Å². The zero-order chi connectivity index (χ0) is 17.6. The van der Waals surface area contributed by atoms with Crippen molar-refractivity contribution >= 4 is 17.1 Å². The van der Waals surface area contributed by atoms with E-state index in [4.69, 9.17) is 4.42 Å². The molecule has 1 fully saturated rings. The van der Waals surface area contributed by atoms with Crippen molar-refractivity contribution in [1.82, 2.24) is 4.98 Å². The monoisotopic (exact) mass is 332 g/mol. The molecule has 1 aliphatic rings. The van der Waals surface area contributed by atoms with Gasteiger partial charge in [0.05, 0.1) is 12.0 Å². The number of aliphatic carboxylic acids is 1. The summed E-state index contributed by atoms with van der Waals surface area (Å²) >= 11 is 0. The van der Waals surface area contributed by atoms with E-state index in [1.165, 1.54) is 0 Å². The van der Waals surface area contributed by atoms with Gasteiger partial charge in [0.2, 0.25) is 0 Å². The standard InChI is InChI=1S/C20H16N2O3/c1-11-15(10-21)18-19(25-20(22-18)13-7-8-13)14(9-16(23)24)17(11)12-5-3-2-4-6-12/h2-6,13H,7-9H2,1H3,(H,23,24). The Bertz CT molecular complexity index is 1020. The smallest absolute Gasteiger partial charge is 0.307 e. The van der Waals surface area contributed by atoms with E-state index in [1.54, 1.807) is 0 Å². The van der Waals surface area contributed by atoms with Gasteiger partial charge in [-0.25, -0.2) is 4.98 Å². The summed E-state index contributed by atoms with van der Waals surface area (Å²) in [5, 5.41) is 19.1. The van der Waals surface area contributed by atoms with Crippen molar-refractivity contribution in [1.29, 1.82) is 5.26 Å². The molecular formula is C20H16N2O3. The number of oxazole rings is 1. The van der Waals surface area contributed by atoms with E-state index >= 15 is 0 Å². The van der Waals surface area contributed by atoms with E-state index in [2.05, 4.69) is 11.1 Å². The number of fused-ring (bicyclic) bond motifs is 1. The van der Waals surface area contributed by atoms with Crippen LogP contribution in [0.2, 0.25) is 0 Å². The van der Waals surface area contributed by atoms with Crippen LogP contribution in [-0.2, 0) is 11.2 Å². The fraction of sp³-hybridized carbons (Fsp3) is 0.250. The van der Waals surface area contributed by atoms with Crippen LogP contribution >= 0.6 is 0 Å². The summed E-state index contributed by atoms with van der Waals surface area (Å²) in [4.78, 5) is 16.0. The molecule has 25 heavy (non-hydrogen) atoms. The predicted molar refractivity (Wildman–Crippen MR) is 92.2 cm³/mol. The second kappa shape index (κ2) is 5.75. The van der Waals surface area contributed by atoms with Crippen LogP contribution in [0.15, 0.2) is 34.7 Å². The van der Waals surface area contributed by atoms with Crippen molar-refractivity contribution in [3.63, 3.8) is 0 Å². The van der Waals surface area contributed by atoms with Crippen LogP contribution < -0.4 is 0 Å². The molecule has 4 rings (SSSR count). The average Bonchev–Trinajstić information content (AvgIpc) is 3.35. The number of rotatable bonds is 4. The first-order valence-corrected chi connectivity index (χ1v) is 8.23. The van der Waals surface area contributed by atoms with Gasteiger partial charge in [-0.15, -0.1) is 0 Å². The number of hydrogen-bond acceptors (Lipinski definition) is 4. The highest BCUT2D eigenvalue weighted by Gasteiger charge is 2.31. The fourth-order valence-corrected chi connectivity index (χ4v) is 3.31. The minimum Gasteiger partial charge on any atom is -0.481 e. The second-order valence-electron chi connectivity index (χ2n) is 6.41. The lowest BCUT2D eigenvalue weighted by molar-refractivity contribution is -0.136. The summed E-state index contributed by atoms with van der Waals surface area (Å²) in [6, 6.07) is 11.8. The van der Waals surface area contributed by atoms with E-state index in [0.29, 0.717) is 28.1 Å². The number of nitriles is 1. The molecule has 3 aromatic rings. The number of carboxylic acid groups (broad SMARTS) is 1. The maximum atomic E-state index is 11.5. The number of benzene rings is 2. The number of nitrogens with zero attached hydrogens (tertiary/aromatic N) is 2. The molecule has 1 aromatic heterocycles. The summed E-state index contributed by atoms with van der Waals surface area (Å²) < 4.78 is 5.96. The zero-order valence-electron chi connectivity index (χ0n) is 13.7. The van der Waals surface area contributed by atoms with Crippen LogP contribution in [0.5, 0.6) is 0 Å². The molecular weight excluding hydrogens is 316 g/mol. The SMILES string of the molecule is Cc1c(-c2ccccc2)c(CC(=O)O)c2oc(C3CC3)nc2c1C#N. The lowest BCUT2D eigenvalue weighted by Crippen LogP contribution is -2.05. The first kappa shape index (κ1) is 15.4. The van der Waals surface area contributed by atoms with Crippen molar-refractivity contribution in [2.24, 2.45) is 0 Å². The highest BCUT2D eigenvalue weighted by molar-refractivity contribution is 5.95. The maximum Gasteiger partial charge on any atom is 0.307 e. The van der Waals surface area contributed by atoms with Gasteiger partial charge in [-0.1, -0.05) is 30.3 Å². The van der Waals surface area contributed by atoms with Crippen LogP contribution in [0.25, 0.3) is 22.2 Å². The minimum atomic E-state index is -0.938. The molecule has 1 heterocycles. The van der Waals surface area contributed by atoms with Crippen molar-refractivity contribution in [3.8, 4) is 17.2 Å². The molecule has 0 saturated heterocycles. The lowest BCUT2D eigenvalue weighted by atomic mass is 9.89. The molecule has 0 amide bonds. The highest BCUT2D eigenvalue weighted by Crippen LogP contribution is 2.43. The first-order valence-electron chi connectivity index (χ1n) is 8.23. The van der Waals surface area contributed by atoms with Gasteiger partial charge in [-0.2, -0.15) is 5.26 Å². The minimum absolute atomic E-state index is 0.174. The Kier molecular flexibility index (Phi) is 3.54. The molecule has 1 aliphatic carbocycles. The molecule has 124 valence electrons. The van der Waals surface area contributed by atoms with Gasteiger partial charge in [-0.3, -0.25) is 4.79 Å². The molecule has 1 N–H and O–H groups in total. The third-order valence-corrected chi connectivity index (χ3v) is 4.64. The number of aromatic nitrogens is 1. The Hall–Kier alpha value is -3.13. The maximum absolute atomic E-state index is 11.5. The Morgan fingerprint density at radius 1 is 1.36 bits per heavy atom. The van der Waals surface area contributed by atoms with Gasteiger partial charge in [0.25, 0.3) is 0 Å². The lowest BCUT2D eigenvalue weighted by Gasteiger charge is -2.14. The van der Waals surface area contributed by atoms with Gasteiger partial charge in [-0.05, 0) is 36.5 Å².